The van der Waals surface area contributed by atoms with Gasteiger partial charge in [0.15, 0.2) is 5.13 Å². The van der Waals surface area contributed by atoms with Crippen LogP contribution in [0.15, 0.2) is 6.20 Å². The van der Waals surface area contributed by atoms with E-state index in [0.717, 1.165) is 17.6 Å². The summed E-state index contributed by atoms with van der Waals surface area (Å²) in [4.78, 5) is 5.91. The second kappa shape index (κ2) is 5.50. The van der Waals surface area contributed by atoms with Crippen LogP contribution in [-0.4, -0.2) is 11.5 Å². The Labute approximate surface area is 96.1 Å². The Bertz CT molecular complexity index is 288. The summed E-state index contributed by atoms with van der Waals surface area (Å²) in [7, 11) is 0. The molecule has 1 aromatic rings. The Hall–Kier alpha value is -0.570. The molecule has 1 heterocycles. The third kappa shape index (κ3) is 2.94. The molecule has 1 aliphatic rings. The van der Waals surface area contributed by atoms with Crippen LogP contribution < -0.4 is 5.32 Å². The second-order valence-corrected chi connectivity index (χ2v) is 5.35. The molecule has 2 nitrogen and oxygen atoms in total. The van der Waals surface area contributed by atoms with Crippen LogP contribution in [0.5, 0.6) is 0 Å². The van der Waals surface area contributed by atoms with Crippen molar-refractivity contribution in [2.45, 2.75) is 51.4 Å². The van der Waals surface area contributed by atoms with E-state index in [1.807, 2.05) is 11.3 Å². The van der Waals surface area contributed by atoms with E-state index in [9.17, 15) is 0 Å². The highest BCUT2D eigenvalue weighted by atomic mass is 32.1. The molecule has 1 saturated carbocycles. The number of anilines is 1. The molecule has 0 aliphatic heterocycles. The van der Waals surface area contributed by atoms with Crippen LogP contribution in [0.2, 0.25) is 0 Å². The first-order chi connectivity index (χ1) is 7.40. The lowest BCUT2D eigenvalue weighted by molar-refractivity contribution is 0.601. The van der Waals surface area contributed by atoms with Crippen molar-refractivity contribution >= 4 is 16.5 Å². The van der Waals surface area contributed by atoms with Crippen molar-refractivity contribution in [3.63, 3.8) is 0 Å². The third-order valence-electron chi connectivity index (χ3n) is 3.11. The van der Waals surface area contributed by atoms with E-state index in [1.54, 1.807) is 0 Å². The number of rotatable bonds is 3. The van der Waals surface area contributed by atoms with Crippen LogP contribution >= 0.6 is 11.3 Å². The maximum Gasteiger partial charge on any atom is 0.182 e. The molecule has 0 aromatic carbocycles. The van der Waals surface area contributed by atoms with Gasteiger partial charge >= 0.3 is 0 Å². The van der Waals surface area contributed by atoms with Crippen LogP contribution in [0.1, 0.15) is 56.2 Å². The first-order valence-electron chi connectivity index (χ1n) is 6.09. The van der Waals surface area contributed by atoms with Gasteiger partial charge in [-0.05, 0) is 25.7 Å². The van der Waals surface area contributed by atoms with Crippen molar-refractivity contribution in [2.75, 3.05) is 11.9 Å². The molecular weight excluding hydrogens is 204 g/mol. The SMILES string of the molecule is CCNc1ncc(C2CCCCCC2)s1. The fourth-order valence-electron chi connectivity index (χ4n) is 2.27. The van der Waals surface area contributed by atoms with Gasteiger partial charge in [0.1, 0.15) is 0 Å². The van der Waals surface area contributed by atoms with Crippen LogP contribution in [0, 0.1) is 0 Å². The minimum absolute atomic E-state index is 0.789. The summed E-state index contributed by atoms with van der Waals surface area (Å²) in [5, 5.41) is 4.38. The third-order valence-corrected chi connectivity index (χ3v) is 4.23. The van der Waals surface area contributed by atoms with Crippen molar-refractivity contribution in [3.8, 4) is 0 Å². The standard InChI is InChI=1S/C12H20N2S/c1-2-13-12-14-9-11(15-12)10-7-5-3-4-6-8-10/h9-10H,2-8H2,1H3,(H,13,14). The van der Waals surface area contributed by atoms with Crippen molar-refractivity contribution in [2.24, 2.45) is 0 Å². The highest BCUT2D eigenvalue weighted by Crippen LogP contribution is 2.35. The molecule has 2 rings (SSSR count). The maximum absolute atomic E-state index is 4.42. The highest BCUT2D eigenvalue weighted by Gasteiger charge is 2.16. The Morgan fingerprint density at radius 3 is 2.73 bits per heavy atom. The fraction of sp³-hybridized carbons (Fsp3) is 0.750. The number of thiazole rings is 1. The van der Waals surface area contributed by atoms with Gasteiger partial charge in [-0.25, -0.2) is 4.98 Å². The normalized spacial score (nSPS) is 18.7. The molecule has 0 spiro atoms. The molecule has 0 amide bonds. The first kappa shape index (κ1) is 10.9. The van der Waals surface area contributed by atoms with Gasteiger partial charge in [0, 0.05) is 17.6 Å². The summed E-state index contributed by atoms with van der Waals surface area (Å²) in [6.07, 6.45) is 10.5. The summed E-state index contributed by atoms with van der Waals surface area (Å²) in [5.41, 5.74) is 0. The summed E-state index contributed by atoms with van der Waals surface area (Å²) in [6.45, 7) is 3.09. The zero-order valence-corrected chi connectivity index (χ0v) is 10.3. The molecule has 1 aliphatic carbocycles. The molecule has 1 N–H and O–H groups in total. The van der Waals surface area contributed by atoms with Crippen LogP contribution in [0.4, 0.5) is 5.13 Å². The Balaban J connectivity index is 2.00. The number of hydrogen-bond donors (Lipinski definition) is 1. The molecule has 0 bridgehead atoms. The summed E-state index contributed by atoms with van der Waals surface area (Å²) in [5.74, 6) is 0.789. The Kier molecular flexibility index (Phi) is 4.01. The van der Waals surface area contributed by atoms with Crippen molar-refractivity contribution in [1.29, 1.82) is 0 Å². The molecule has 1 aromatic heterocycles. The van der Waals surface area contributed by atoms with Crippen molar-refractivity contribution in [1.82, 2.24) is 4.98 Å². The molecule has 0 unspecified atom stereocenters. The first-order valence-corrected chi connectivity index (χ1v) is 6.91. The van der Waals surface area contributed by atoms with E-state index in [1.165, 1.54) is 43.4 Å². The van der Waals surface area contributed by atoms with Gasteiger partial charge in [0.25, 0.3) is 0 Å². The predicted octanol–water partition coefficient (Wildman–Crippen LogP) is 4.01. The van der Waals surface area contributed by atoms with Gasteiger partial charge in [-0.15, -0.1) is 11.3 Å². The maximum atomic E-state index is 4.42. The molecule has 3 heteroatoms. The Morgan fingerprint density at radius 1 is 1.33 bits per heavy atom. The van der Waals surface area contributed by atoms with E-state index in [0.29, 0.717) is 0 Å². The predicted molar refractivity (Wildman–Crippen MR) is 66.7 cm³/mol. The van der Waals surface area contributed by atoms with Crippen molar-refractivity contribution < 1.29 is 0 Å². The average Bonchev–Trinajstić information content (AvgIpc) is 2.53. The number of hydrogen-bond acceptors (Lipinski definition) is 3. The van der Waals surface area contributed by atoms with Gasteiger partial charge in [0.2, 0.25) is 0 Å². The van der Waals surface area contributed by atoms with Gasteiger partial charge in [-0.1, -0.05) is 25.7 Å². The minimum Gasteiger partial charge on any atom is -0.362 e. The highest BCUT2D eigenvalue weighted by molar-refractivity contribution is 7.15. The topological polar surface area (TPSA) is 24.9 Å². The second-order valence-electron chi connectivity index (χ2n) is 4.29. The molecule has 1 fully saturated rings. The molecular formula is C12H20N2S. The van der Waals surface area contributed by atoms with Gasteiger partial charge < -0.3 is 5.32 Å². The summed E-state index contributed by atoms with van der Waals surface area (Å²) >= 11 is 1.85. The number of nitrogens with one attached hydrogen (secondary N) is 1. The lowest BCUT2D eigenvalue weighted by atomic mass is 9.99. The van der Waals surface area contributed by atoms with Crippen LogP contribution in [0.3, 0.4) is 0 Å². The van der Waals surface area contributed by atoms with Gasteiger partial charge in [-0.3, -0.25) is 0 Å². The molecule has 0 saturated heterocycles. The lowest BCUT2D eigenvalue weighted by Gasteiger charge is -2.10. The van der Waals surface area contributed by atoms with E-state index < -0.39 is 0 Å². The van der Waals surface area contributed by atoms with Crippen molar-refractivity contribution in [3.05, 3.63) is 11.1 Å². The molecule has 0 radical (unpaired) electrons. The zero-order chi connectivity index (χ0) is 10.5. The zero-order valence-electron chi connectivity index (χ0n) is 9.46. The number of nitrogens with zero attached hydrogens (tertiary/aromatic N) is 1. The molecule has 0 atom stereocenters. The minimum atomic E-state index is 0.789. The quantitative estimate of drug-likeness (QED) is 0.785. The smallest absolute Gasteiger partial charge is 0.182 e. The van der Waals surface area contributed by atoms with E-state index in [4.69, 9.17) is 0 Å². The Morgan fingerprint density at radius 2 is 2.07 bits per heavy atom. The number of aromatic nitrogens is 1. The van der Waals surface area contributed by atoms with Gasteiger partial charge in [-0.2, -0.15) is 0 Å². The summed E-state index contributed by atoms with van der Waals surface area (Å²) in [6, 6.07) is 0. The molecule has 84 valence electrons. The van der Waals surface area contributed by atoms with Crippen LogP contribution in [-0.2, 0) is 0 Å². The van der Waals surface area contributed by atoms with E-state index in [2.05, 4.69) is 23.4 Å². The fourth-order valence-corrected chi connectivity index (χ4v) is 3.33. The lowest BCUT2D eigenvalue weighted by Crippen LogP contribution is -1.94. The largest absolute Gasteiger partial charge is 0.362 e. The van der Waals surface area contributed by atoms with Gasteiger partial charge in [0.05, 0.1) is 0 Å². The van der Waals surface area contributed by atoms with Crippen LogP contribution in [0.25, 0.3) is 0 Å². The van der Waals surface area contributed by atoms with E-state index >= 15 is 0 Å². The van der Waals surface area contributed by atoms with E-state index in [-0.39, 0.29) is 0 Å². The summed E-state index contributed by atoms with van der Waals surface area (Å²) < 4.78 is 0. The average molecular weight is 224 g/mol. The molecule has 15 heavy (non-hydrogen) atoms. The monoisotopic (exact) mass is 224 g/mol.